The third-order valence-electron chi connectivity index (χ3n) is 4.71. The molecule has 3 aromatic rings. The van der Waals surface area contributed by atoms with E-state index in [9.17, 15) is 14.7 Å². The summed E-state index contributed by atoms with van der Waals surface area (Å²) in [5, 5.41) is 9.60. The molecule has 0 aromatic heterocycles. The van der Waals surface area contributed by atoms with Crippen LogP contribution in [-0.4, -0.2) is 24.2 Å². The standard InChI is InChI=1S/C24H22O5/c1-16-7-11-19(12-8-16)29-23(25)15-22(17-9-13-18(28-2)14-10-17)20-5-3-4-6-21(20)24(26)27/h3-14,22H,15H2,1-2H3,(H,26,27). The number of rotatable bonds is 7. The van der Waals surface area contributed by atoms with E-state index < -0.39 is 17.9 Å². The van der Waals surface area contributed by atoms with Gasteiger partial charge in [-0.05, 0) is 48.4 Å². The minimum absolute atomic E-state index is 0.00446. The summed E-state index contributed by atoms with van der Waals surface area (Å²) < 4.78 is 10.7. The Labute approximate surface area is 169 Å². The molecule has 1 atom stereocenters. The van der Waals surface area contributed by atoms with Crippen molar-refractivity contribution in [2.24, 2.45) is 0 Å². The minimum atomic E-state index is -1.04. The summed E-state index contributed by atoms with van der Waals surface area (Å²) in [7, 11) is 1.57. The van der Waals surface area contributed by atoms with Gasteiger partial charge in [-0.3, -0.25) is 4.79 Å². The van der Waals surface area contributed by atoms with Crippen molar-refractivity contribution in [1.29, 1.82) is 0 Å². The molecule has 0 aliphatic heterocycles. The van der Waals surface area contributed by atoms with E-state index in [1.165, 1.54) is 0 Å². The highest BCUT2D eigenvalue weighted by Crippen LogP contribution is 2.32. The number of carbonyl (C=O) groups excluding carboxylic acids is 1. The first-order valence-corrected chi connectivity index (χ1v) is 9.21. The number of esters is 1. The van der Waals surface area contributed by atoms with Crippen molar-refractivity contribution in [3.8, 4) is 11.5 Å². The van der Waals surface area contributed by atoms with Gasteiger partial charge in [0.05, 0.1) is 19.1 Å². The summed E-state index contributed by atoms with van der Waals surface area (Å²) in [6.07, 6.45) is 0.00446. The average Bonchev–Trinajstić information content (AvgIpc) is 2.74. The summed E-state index contributed by atoms with van der Waals surface area (Å²) in [6, 6.07) is 21.2. The third-order valence-corrected chi connectivity index (χ3v) is 4.71. The van der Waals surface area contributed by atoms with E-state index in [0.29, 0.717) is 17.1 Å². The lowest BCUT2D eigenvalue weighted by atomic mass is 9.85. The topological polar surface area (TPSA) is 72.8 Å². The number of carboxylic acid groups (broad SMARTS) is 1. The van der Waals surface area contributed by atoms with Crippen molar-refractivity contribution in [2.75, 3.05) is 7.11 Å². The van der Waals surface area contributed by atoms with Crippen molar-refractivity contribution in [3.63, 3.8) is 0 Å². The van der Waals surface area contributed by atoms with Gasteiger partial charge in [-0.2, -0.15) is 0 Å². The van der Waals surface area contributed by atoms with Gasteiger partial charge < -0.3 is 14.6 Å². The van der Waals surface area contributed by atoms with Crippen LogP contribution in [0.2, 0.25) is 0 Å². The molecule has 3 rings (SSSR count). The SMILES string of the molecule is COc1ccc(C(CC(=O)Oc2ccc(C)cc2)c2ccccc2C(=O)O)cc1. The first kappa shape index (κ1) is 20.1. The molecule has 1 N–H and O–H groups in total. The highest BCUT2D eigenvalue weighted by molar-refractivity contribution is 5.90. The summed E-state index contributed by atoms with van der Waals surface area (Å²) in [5.41, 5.74) is 2.60. The summed E-state index contributed by atoms with van der Waals surface area (Å²) in [5.74, 6) is -0.797. The van der Waals surface area contributed by atoms with Crippen LogP contribution in [0.1, 0.15) is 39.4 Å². The molecule has 148 valence electrons. The molecule has 5 nitrogen and oxygen atoms in total. The number of hydrogen-bond donors (Lipinski definition) is 1. The molecule has 0 aliphatic rings. The smallest absolute Gasteiger partial charge is 0.335 e. The Morgan fingerprint density at radius 2 is 1.52 bits per heavy atom. The first-order chi connectivity index (χ1) is 14.0. The lowest BCUT2D eigenvalue weighted by Crippen LogP contribution is -2.16. The zero-order valence-corrected chi connectivity index (χ0v) is 16.3. The molecular weight excluding hydrogens is 368 g/mol. The Morgan fingerprint density at radius 3 is 2.14 bits per heavy atom. The molecule has 0 bridgehead atoms. The van der Waals surface area contributed by atoms with Crippen LogP contribution in [0.25, 0.3) is 0 Å². The van der Waals surface area contributed by atoms with Gasteiger partial charge in [0.2, 0.25) is 0 Å². The predicted octanol–water partition coefficient (Wildman–Crippen LogP) is 4.83. The zero-order valence-electron chi connectivity index (χ0n) is 16.3. The van der Waals surface area contributed by atoms with Gasteiger partial charge >= 0.3 is 11.9 Å². The summed E-state index contributed by atoms with van der Waals surface area (Å²) in [4.78, 5) is 24.4. The number of aryl methyl sites for hydroxylation is 1. The van der Waals surface area contributed by atoms with E-state index in [1.807, 2.05) is 31.2 Å². The minimum Gasteiger partial charge on any atom is -0.497 e. The average molecular weight is 390 g/mol. The largest absolute Gasteiger partial charge is 0.497 e. The second kappa shape index (κ2) is 9.06. The molecule has 0 fully saturated rings. The lowest BCUT2D eigenvalue weighted by molar-refractivity contribution is -0.134. The number of carboxylic acids is 1. The predicted molar refractivity (Wildman–Crippen MR) is 110 cm³/mol. The van der Waals surface area contributed by atoms with E-state index in [-0.39, 0.29) is 12.0 Å². The second-order valence-corrected chi connectivity index (χ2v) is 6.71. The van der Waals surface area contributed by atoms with Crippen LogP contribution in [0.3, 0.4) is 0 Å². The molecule has 0 saturated heterocycles. The Morgan fingerprint density at radius 1 is 0.897 bits per heavy atom. The fourth-order valence-corrected chi connectivity index (χ4v) is 3.19. The van der Waals surface area contributed by atoms with Crippen molar-refractivity contribution in [2.45, 2.75) is 19.3 Å². The molecule has 5 heteroatoms. The van der Waals surface area contributed by atoms with Gasteiger partial charge in [0.25, 0.3) is 0 Å². The number of hydrogen-bond acceptors (Lipinski definition) is 4. The molecule has 0 aliphatic carbocycles. The summed E-state index contributed by atoms with van der Waals surface area (Å²) in [6.45, 7) is 1.95. The van der Waals surface area contributed by atoms with E-state index >= 15 is 0 Å². The maximum absolute atomic E-state index is 12.7. The maximum atomic E-state index is 12.7. The van der Waals surface area contributed by atoms with Crippen molar-refractivity contribution >= 4 is 11.9 Å². The van der Waals surface area contributed by atoms with Crippen molar-refractivity contribution < 1.29 is 24.2 Å². The Balaban J connectivity index is 1.93. The fourth-order valence-electron chi connectivity index (χ4n) is 3.19. The van der Waals surface area contributed by atoms with E-state index in [2.05, 4.69) is 0 Å². The molecule has 0 heterocycles. The van der Waals surface area contributed by atoms with Gasteiger partial charge in [-0.25, -0.2) is 4.79 Å². The van der Waals surface area contributed by atoms with Crippen LogP contribution in [0.4, 0.5) is 0 Å². The number of benzene rings is 3. The number of methoxy groups -OCH3 is 1. The highest BCUT2D eigenvalue weighted by atomic mass is 16.5. The van der Waals surface area contributed by atoms with Gasteiger partial charge in [-0.15, -0.1) is 0 Å². The van der Waals surface area contributed by atoms with Crippen molar-refractivity contribution in [1.82, 2.24) is 0 Å². The van der Waals surface area contributed by atoms with Crippen LogP contribution < -0.4 is 9.47 Å². The van der Waals surface area contributed by atoms with E-state index in [0.717, 1.165) is 11.1 Å². The fraction of sp³-hybridized carbons (Fsp3) is 0.167. The third kappa shape index (κ3) is 5.02. The second-order valence-electron chi connectivity index (χ2n) is 6.71. The summed E-state index contributed by atoms with van der Waals surface area (Å²) >= 11 is 0. The Kier molecular flexibility index (Phi) is 6.29. The van der Waals surface area contributed by atoms with E-state index in [4.69, 9.17) is 9.47 Å². The quantitative estimate of drug-likeness (QED) is 0.462. The molecule has 0 saturated carbocycles. The Hall–Kier alpha value is -3.60. The van der Waals surface area contributed by atoms with Crippen molar-refractivity contribution in [3.05, 3.63) is 95.1 Å². The van der Waals surface area contributed by atoms with Crippen LogP contribution >= 0.6 is 0 Å². The molecule has 0 amide bonds. The lowest BCUT2D eigenvalue weighted by Gasteiger charge is -2.19. The number of aromatic carboxylic acids is 1. The Bertz CT molecular complexity index is 991. The molecule has 3 aromatic carbocycles. The van der Waals surface area contributed by atoms with Crippen LogP contribution in [0.5, 0.6) is 11.5 Å². The van der Waals surface area contributed by atoms with Gasteiger partial charge in [0, 0.05) is 5.92 Å². The van der Waals surface area contributed by atoms with Gasteiger partial charge in [0.1, 0.15) is 11.5 Å². The monoisotopic (exact) mass is 390 g/mol. The highest BCUT2D eigenvalue weighted by Gasteiger charge is 2.24. The van der Waals surface area contributed by atoms with Crippen LogP contribution in [0, 0.1) is 6.92 Å². The molecule has 0 spiro atoms. The number of carbonyl (C=O) groups is 2. The molecule has 1 unspecified atom stereocenters. The first-order valence-electron chi connectivity index (χ1n) is 9.21. The normalized spacial score (nSPS) is 11.5. The molecule has 0 radical (unpaired) electrons. The molecular formula is C24H22O5. The van der Waals surface area contributed by atoms with Gasteiger partial charge in [0.15, 0.2) is 0 Å². The number of ether oxygens (including phenoxy) is 2. The van der Waals surface area contributed by atoms with Crippen LogP contribution in [0.15, 0.2) is 72.8 Å². The maximum Gasteiger partial charge on any atom is 0.335 e. The van der Waals surface area contributed by atoms with Crippen LogP contribution in [-0.2, 0) is 4.79 Å². The zero-order chi connectivity index (χ0) is 20.8. The van der Waals surface area contributed by atoms with Gasteiger partial charge in [-0.1, -0.05) is 48.0 Å². The van der Waals surface area contributed by atoms with E-state index in [1.54, 1.807) is 55.6 Å². The molecule has 29 heavy (non-hydrogen) atoms.